The number of hydrogen-bond acceptors (Lipinski definition) is 3. The third kappa shape index (κ3) is 5.90. The predicted octanol–water partition coefficient (Wildman–Crippen LogP) is 2.19. The summed E-state index contributed by atoms with van der Waals surface area (Å²) >= 11 is 0. The highest BCUT2D eigenvalue weighted by molar-refractivity contribution is 5.70. The van der Waals surface area contributed by atoms with Gasteiger partial charge in [0.2, 0.25) is 0 Å². The molecule has 0 aromatic heterocycles. The maximum atomic E-state index is 10.7. The van der Waals surface area contributed by atoms with Crippen molar-refractivity contribution >= 4 is 11.9 Å². The molecule has 0 amide bonds. The summed E-state index contributed by atoms with van der Waals surface area (Å²) in [4.78, 5) is 21.4. The summed E-state index contributed by atoms with van der Waals surface area (Å²) in [6.07, 6.45) is 0.991. The smallest absolute Gasteiger partial charge is 0.303 e. The molecule has 2 N–H and O–H groups in total. The van der Waals surface area contributed by atoms with Gasteiger partial charge >= 0.3 is 11.9 Å². The minimum atomic E-state index is -0.957. The van der Waals surface area contributed by atoms with Gasteiger partial charge in [0.25, 0.3) is 0 Å². The van der Waals surface area contributed by atoms with E-state index in [1.54, 1.807) is 7.11 Å². The van der Waals surface area contributed by atoms with Crippen molar-refractivity contribution in [2.45, 2.75) is 25.7 Å². The maximum Gasteiger partial charge on any atom is 0.303 e. The van der Waals surface area contributed by atoms with E-state index in [4.69, 9.17) is 14.9 Å². The quantitative estimate of drug-likeness (QED) is 0.753. The van der Waals surface area contributed by atoms with Gasteiger partial charge in [0.1, 0.15) is 5.75 Å². The molecule has 1 aromatic rings. The van der Waals surface area contributed by atoms with Gasteiger partial charge in [-0.1, -0.05) is 12.1 Å². The van der Waals surface area contributed by atoms with Gasteiger partial charge < -0.3 is 14.9 Å². The molecule has 104 valence electrons. The Kier molecular flexibility index (Phi) is 5.85. The van der Waals surface area contributed by atoms with Crippen LogP contribution in [0.2, 0.25) is 0 Å². The van der Waals surface area contributed by atoms with Crippen LogP contribution < -0.4 is 4.74 Å². The molecule has 0 atom stereocenters. The topological polar surface area (TPSA) is 83.8 Å². The monoisotopic (exact) mass is 266 g/mol. The zero-order chi connectivity index (χ0) is 14.3. The molecule has 1 rings (SSSR count). The Morgan fingerprint density at radius 3 is 2.05 bits per heavy atom. The number of carboxylic acids is 2. The van der Waals surface area contributed by atoms with Crippen LogP contribution in [0.5, 0.6) is 5.75 Å². The van der Waals surface area contributed by atoms with Gasteiger partial charge in [-0.3, -0.25) is 9.59 Å². The zero-order valence-corrected chi connectivity index (χ0v) is 10.8. The lowest BCUT2D eigenvalue weighted by Crippen LogP contribution is -2.13. The van der Waals surface area contributed by atoms with E-state index in [1.165, 1.54) is 0 Å². The lowest BCUT2D eigenvalue weighted by atomic mass is 9.93. The van der Waals surface area contributed by atoms with Crippen LogP contribution in [0.25, 0.3) is 0 Å². The molecule has 0 heterocycles. The third-order valence-corrected chi connectivity index (χ3v) is 2.93. The molecule has 0 saturated carbocycles. The minimum absolute atomic E-state index is 0.109. The average Bonchev–Trinajstić information content (AvgIpc) is 2.35. The Morgan fingerprint density at radius 2 is 1.63 bits per heavy atom. The summed E-state index contributed by atoms with van der Waals surface area (Å²) in [5.74, 6) is -1.49. The molecule has 0 saturated heterocycles. The summed E-state index contributed by atoms with van der Waals surface area (Å²) in [5, 5.41) is 17.5. The van der Waals surface area contributed by atoms with E-state index < -0.39 is 11.9 Å². The number of aliphatic carboxylic acids is 2. The second-order valence-corrected chi connectivity index (χ2v) is 4.45. The lowest BCUT2D eigenvalue weighted by molar-refractivity contribution is -0.140. The Balaban J connectivity index is 2.53. The molecule has 0 aliphatic rings. The van der Waals surface area contributed by atoms with E-state index in [9.17, 15) is 9.59 Å². The highest BCUT2D eigenvalue weighted by Gasteiger charge is 2.16. The average molecular weight is 266 g/mol. The SMILES string of the molecule is COc1ccc(CCC(CC(=O)O)CC(=O)O)cc1. The third-order valence-electron chi connectivity index (χ3n) is 2.93. The molecule has 0 radical (unpaired) electrons. The number of carboxylic acid groups (broad SMARTS) is 2. The number of aryl methyl sites for hydroxylation is 1. The van der Waals surface area contributed by atoms with Gasteiger partial charge in [0.15, 0.2) is 0 Å². The van der Waals surface area contributed by atoms with E-state index >= 15 is 0 Å². The molecule has 0 fully saturated rings. The summed E-state index contributed by atoms with van der Waals surface area (Å²) in [6.45, 7) is 0. The predicted molar refractivity (Wildman–Crippen MR) is 69.3 cm³/mol. The van der Waals surface area contributed by atoms with Crippen LogP contribution in [-0.2, 0) is 16.0 Å². The van der Waals surface area contributed by atoms with Crippen molar-refractivity contribution in [1.82, 2.24) is 0 Å². The first-order valence-corrected chi connectivity index (χ1v) is 6.07. The van der Waals surface area contributed by atoms with Crippen LogP contribution in [0.3, 0.4) is 0 Å². The molecule has 0 aliphatic carbocycles. The van der Waals surface area contributed by atoms with Crippen LogP contribution in [0, 0.1) is 5.92 Å². The summed E-state index contributed by atoms with van der Waals surface area (Å²) < 4.78 is 5.04. The minimum Gasteiger partial charge on any atom is -0.497 e. The molecule has 0 unspecified atom stereocenters. The normalized spacial score (nSPS) is 10.4. The van der Waals surface area contributed by atoms with Gasteiger partial charge in [-0.05, 0) is 36.5 Å². The molecule has 0 bridgehead atoms. The lowest BCUT2D eigenvalue weighted by Gasteiger charge is -2.12. The molecule has 1 aromatic carbocycles. The highest BCUT2D eigenvalue weighted by atomic mass is 16.5. The van der Waals surface area contributed by atoms with Crippen molar-refractivity contribution < 1.29 is 24.5 Å². The number of rotatable bonds is 8. The Morgan fingerprint density at radius 1 is 1.11 bits per heavy atom. The summed E-state index contributed by atoms with van der Waals surface area (Å²) in [7, 11) is 1.59. The maximum absolute atomic E-state index is 10.7. The molecule has 5 heteroatoms. The van der Waals surface area contributed by atoms with Gasteiger partial charge in [0, 0.05) is 12.8 Å². The highest BCUT2D eigenvalue weighted by Crippen LogP contribution is 2.19. The van der Waals surface area contributed by atoms with Gasteiger partial charge in [-0.2, -0.15) is 0 Å². The molecular weight excluding hydrogens is 248 g/mol. The van der Waals surface area contributed by atoms with Crippen LogP contribution in [0.4, 0.5) is 0 Å². The van der Waals surface area contributed by atoms with E-state index in [0.29, 0.717) is 12.8 Å². The summed E-state index contributed by atoms with van der Waals surface area (Å²) in [5.41, 5.74) is 1.04. The molecule has 19 heavy (non-hydrogen) atoms. The zero-order valence-electron chi connectivity index (χ0n) is 10.8. The van der Waals surface area contributed by atoms with E-state index in [2.05, 4.69) is 0 Å². The van der Waals surface area contributed by atoms with Crippen molar-refractivity contribution in [3.05, 3.63) is 29.8 Å². The first-order chi connectivity index (χ1) is 9.01. The Bertz CT molecular complexity index is 408. The number of benzene rings is 1. The first kappa shape index (κ1) is 15.0. The largest absolute Gasteiger partial charge is 0.497 e. The second kappa shape index (κ2) is 7.41. The number of methoxy groups -OCH3 is 1. The Hall–Kier alpha value is -2.04. The van der Waals surface area contributed by atoms with Gasteiger partial charge in [-0.25, -0.2) is 0 Å². The number of hydrogen-bond donors (Lipinski definition) is 2. The summed E-state index contributed by atoms with van der Waals surface area (Å²) in [6, 6.07) is 7.46. The number of ether oxygens (including phenoxy) is 1. The van der Waals surface area contributed by atoms with Gasteiger partial charge in [0.05, 0.1) is 7.11 Å². The molecular formula is C14H18O5. The van der Waals surface area contributed by atoms with Crippen LogP contribution in [-0.4, -0.2) is 29.3 Å². The van der Waals surface area contributed by atoms with E-state index in [-0.39, 0.29) is 18.8 Å². The Labute approximate surface area is 111 Å². The van der Waals surface area contributed by atoms with Crippen LogP contribution in [0.1, 0.15) is 24.8 Å². The fourth-order valence-electron chi connectivity index (χ4n) is 1.93. The van der Waals surface area contributed by atoms with Gasteiger partial charge in [-0.15, -0.1) is 0 Å². The van der Waals surface area contributed by atoms with Crippen molar-refractivity contribution in [1.29, 1.82) is 0 Å². The van der Waals surface area contributed by atoms with Crippen molar-refractivity contribution in [2.24, 2.45) is 5.92 Å². The fourth-order valence-corrected chi connectivity index (χ4v) is 1.93. The van der Waals surface area contributed by atoms with Crippen molar-refractivity contribution in [2.75, 3.05) is 7.11 Å². The molecule has 0 spiro atoms. The second-order valence-electron chi connectivity index (χ2n) is 4.45. The first-order valence-electron chi connectivity index (χ1n) is 6.07. The van der Waals surface area contributed by atoms with E-state index in [0.717, 1.165) is 11.3 Å². The molecule has 5 nitrogen and oxygen atoms in total. The van der Waals surface area contributed by atoms with Crippen LogP contribution in [0.15, 0.2) is 24.3 Å². The number of carbonyl (C=O) groups is 2. The molecule has 0 aliphatic heterocycles. The van der Waals surface area contributed by atoms with Crippen molar-refractivity contribution in [3.63, 3.8) is 0 Å². The van der Waals surface area contributed by atoms with Crippen molar-refractivity contribution in [3.8, 4) is 5.75 Å². The standard InChI is InChI=1S/C14H18O5/c1-19-12-6-4-10(5-7-12)2-3-11(8-13(15)16)9-14(17)18/h4-7,11H,2-3,8-9H2,1H3,(H,15,16)(H,17,18). The fraction of sp³-hybridized carbons (Fsp3) is 0.429. The van der Waals surface area contributed by atoms with Crippen LogP contribution >= 0.6 is 0 Å². The van der Waals surface area contributed by atoms with E-state index in [1.807, 2.05) is 24.3 Å².